The molecule has 0 radical (unpaired) electrons. The summed E-state index contributed by atoms with van der Waals surface area (Å²) in [5.74, 6) is 1.13. The Morgan fingerprint density at radius 3 is 2.29 bits per heavy atom. The predicted octanol–water partition coefficient (Wildman–Crippen LogP) is 2.12. The Morgan fingerprint density at radius 2 is 1.81 bits per heavy atom. The smallest absolute Gasteiger partial charge is 0.410 e. The molecule has 2 rings (SSSR count). The van der Waals surface area contributed by atoms with Crippen LogP contribution in [0, 0.1) is 11.8 Å². The van der Waals surface area contributed by atoms with E-state index < -0.39 is 11.2 Å². The summed E-state index contributed by atoms with van der Waals surface area (Å²) < 4.78 is 5.31. The maximum absolute atomic E-state index is 11.9. The summed E-state index contributed by atoms with van der Waals surface area (Å²) in [5.41, 5.74) is 4.84. The molecular weight excluding hydrogens is 268 g/mol. The van der Waals surface area contributed by atoms with Crippen molar-refractivity contribution in [1.82, 2.24) is 4.90 Å². The zero-order valence-electron chi connectivity index (χ0n) is 13.8. The van der Waals surface area contributed by atoms with Gasteiger partial charge in [-0.1, -0.05) is 19.8 Å². The van der Waals surface area contributed by atoms with Crippen molar-refractivity contribution >= 4 is 6.09 Å². The van der Waals surface area contributed by atoms with Gasteiger partial charge in [0.2, 0.25) is 0 Å². The first kappa shape index (κ1) is 16.6. The summed E-state index contributed by atoms with van der Waals surface area (Å²) in [4.78, 5) is 13.5. The number of likely N-dealkylation sites (tertiary alicyclic amines) is 1. The molecule has 1 saturated carbocycles. The minimum Gasteiger partial charge on any atom is -0.444 e. The molecule has 1 amide bonds. The van der Waals surface area contributed by atoms with Crippen molar-refractivity contribution in [2.24, 2.45) is 17.6 Å². The Kier molecular flexibility index (Phi) is 4.54. The molecule has 1 aliphatic heterocycles. The highest BCUT2D eigenvalue weighted by molar-refractivity contribution is 5.69. The maximum Gasteiger partial charge on any atom is 0.410 e. The van der Waals surface area contributed by atoms with Crippen molar-refractivity contribution in [2.45, 2.75) is 70.6 Å². The van der Waals surface area contributed by atoms with Crippen LogP contribution >= 0.6 is 0 Å². The van der Waals surface area contributed by atoms with Crippen LogP contribution in [0.5, 0.6) is 0 Å². The third kappa shape index (κ3) is 3.89. The van der Waals surface area contributed by atoms with E-state index in [0.717, 1.165) is 18.8 Å². The average molecular weight is 298 g/mol. The summed E-state index contributed by atoms with van der Waals surface area (Å²) in [5, 5.41) is 10.6. The number of carbonyl (C=O) groups excluding carboxylic acids is 1. The lowest BCUT2D eigenvalue weighted by Gasteiger charge is -2.51. The fourth-order valence-corrected chi connectivity index (χ4v) is 3.36. The lowest BCUT2D eigenvalue weighted by atomic mass is 9.72. The second-order valence-electron chi connectivity index (χ2n) is 7.99. The van der Waals surface area contributed by atoms with E-state index in [2.05, 4.69) is 6.92 Å². The van der Waals surface area contributed by atoms with Gasteiger partial charge in [0.1, 0.15) is 11.2 Å². The number of carbonyl (C=O) groups is 1. The monoisotopic (exact) mass is 298 g/mol. The fourth-order valence-electron chi connectivity index (χ4n) is 3.36. The zero-order valence-corrected chi connectivity index (χ0v) is 13.8. The molecule has 1 unspecified atom stereocenters. The molecule has 0 aromatic carbocycles. The number of hydrogen-bond acceptors (Lipinski definition) is 4. The first-order valence-electron chi connectivity index (χ1n) is 8.06. The number of amides is 1. The van der Waals surface area contributed by atoms with Gasteiger partial charge < -0.3 is 20.5 Å². The molecule has 3 N–H and O–H groups in total. The largest absolute Gasteiger partial charge is 0.444 e. The first-order valence-corrected chi connectivity index (χ1v) is 8.06. The van der Waals surface area contributed by atoms with Crippen LogP contribution in [0.2, 0.25) is 0 Å². The number of hydrogen-bond donors (Lipinski definition) is 2. The van der Waals surface area contributed by atoms with Crippen molar-refractivity contribution in [1.29, 1.82) is 0 Å². The summed E-state index contributed by atoms with van der Waals surface area (Å²) in [6.07, 6.45) is 4.17. The van der Waals surface area contributed by atoms with Gasteiger partial charge in [-0.05, 0) is 45.4 Å². The van der Waals surface area contributed by atoms with Gasteiger partial charge in [0.15, 0.2) is 0 Å². The molecule has 0 bridgehead atoms. The Balaban J connectivity index is 1.84. The highest BCUT2D eigenvalue weighted by Crippen LogP contribution is 2.36. The minimum atomic E-state index is -0.942. The molecule has 21 heavy (non-hydrogen) atoms. The molecule has 1 aliphatic carbocycles. The molecule has 5 nitrogen and oxygen atoms in total. The van der Waals surface area contributed by atoms with Crippen LogP contribution < -0.4 is 5.73 Å². The molecule has 2 fully saturated rings. The van der Waals surface area contributed by atoms with Crippen molar-refractivity contribution in [3.63, 3.8) is 0 Å². The van der Waals surface area contributed by atoms with E-state index in [1.165, 1.54) is 17.7 Å². The predicted molar refractivity (Wildman–Crippen MR) is 81.9 cm³/mol. The van der Waals surface area contributed by atoms with Crippen molar-refractivity contribution in [2.75, 3.05) is 13.1 Å². The normalized spacial score (nSPS) is 30.5. The quantitative estimate of drug-likeness (QED) is 0.819. The number of nitrogens with two attached hydrogens (primary N) is 1. The summed E-state index contributed by atoms with van der Waals surface area (Å²) in [6, 6.07) is -0.247. The standard InChI is InChI=1S/C16H30N2O3/c1-11-5-7-12(8-6-11)13(17)16(20)9-18(10-16)14(19)21-15(2,3)4/h11-13,20H,5-10,17H2,1-4H3. The molecule has 0 spiro atoms. The van der Waals surface area contributed by atoms with Crippen LogP contribution in [0.4, 0.5) is 4.79 Å². The van der Waals surface area contributed by atoms with Crippen LogP contribution in [0.3, 0.4) is 0 Å². The fraction of sp³-hybridized carbons (Fsp3) is 0.938. The first-order chi connectivity index (χ1) is 9.61. The summed E-state index contributed by atoms with van der Waals surface area (Å²) >= 11 is 0. The molecular formula is C16H30N2O3. The second kappa shape index (κ2) is 5.76. The number of nitrogens with zero attached hydrogens (tertiary/aromatic N) is 1. The van der Waals surface area contributed by atoms with Crippen LogP contribution in [0.25, 0.3) is 0 Å². The molecule has 2 aliphatic rings. The van der Waals surface area contributed by atoms with Gasteiger partial charge in [0.25, 0.3) is 0 Å². The molecule has 1 saturated heterocycles. The van der Waals surface area contributed by atoms with E-state index in [9.17, 15) is 9.90 Å². The zero-order chi connectivity index (χ0) is 15.8. The van der Waals surface area contributed by atoms with Crippen LogP contribution in [-0.2, 0) is 4.74 Å². The summed E-state index contributed by atoms with van der Waals surface area (Å²) in [6.45, 7) is 8.36. The summed E-state index contributed by atoms with van der Waals surface area (Å²) in [7, 11) is 0. The topological polar surface area (TPSA) is 75.8 Å². The van der Waals surface area contributed by atoms with Gasteiger partial charge in [-0.25, -0.2) is 4.79 Å². The third-order valence-electron chi connectivity index (χ3n) is 4.77. The van der Waals surface area contributed by atoms with Crippen LogP contribution in [0.1, 0.15) is 53.4 Å². The van der Waals surface area contributed by atoms with E-state index in [1.807, 2.05) is 20.8 Å². The Labute approximate surface area is 127 Å². The number of aliphatic hydroxyl groups is 1. The van der Waals surface area contributed by atoms with Gasteiger partial charge >= 0.3 is 6.09 Å². The van der Waals surface area contributed by atoms with E-state index in [-0.39, 0.29) is 25.2 Å². The SMILES string of the molecule is CC1CCC(C(N)C2(O)CN(C(=O)OC(C)(C)C)C2)CC1. The van der Waals surface area contributed by atoms with Gasteiger partial charge in [0.05, 0.1) is 13.1 Å². The number of rotatable bonds is 2. The third-order valence-corrected chi connectivity index (χ3v) is 4.77. The van der Waals surface area contributed by atoms with Gasteiger partial charge in [0, 0.05) is 6.04 Å². The second-order valence-corrected chi connectivity index (χ2v) is 7.99. The van der Waals surface area contributed by atoms with Crippen molar-refractivity contribution in [3.8, 4) is 0 Å². The highest BCUT2D eigenvalue weighted by atomic mass is 16.6. The Hall–Kier alpha value is -0.810. The lowest BCUT2D eigenvalue weighted by Crippen LogP contribution is -2.72. The number of β-amino-alcohol motifs (C(OH)–C–C–N with tert-alkyl or cyclic N) is 1. The minimum absolute atomic E-state index is 0.247. The van der Waals surface area contributed by atoms with Gasteiger partial charge in [-0.15, -0.1) is 0 Å². The highest BCUT2D eigenvalue weighted by Gasteiger charge is 2.51. The van der Waals surface area contributed by atoms with E-state index >= 15 is 0 Å². The molecule has 0 aromatic rings. The number of ether oxygens (including phenoxy) is 1. The van der Waals surface area contributed by atoms with Gasteiger partial charge in [-0.2, -0.15) is 0 Å². The molecule has 5 heteroatoms. The molecule has 1 atom stereocenters. The van der Waals surface area contributed by atoms with E-state index in [1.54, 1.807) is 0 Å². The van der Waals surface area contributed by atoms with E-state index in [0.29, 0.717) is 5.92 Å². The molecule has 1 heterocycles. The average Bonchev–Trinajstić information content (AvgIpc) is 2.33. The Morgan fingerprint density at radius 1 is 1.29 bits per heavy atom. The van der Waals surface area contributed by atoms with Crippen LogP contribution in [-0.4, -0.2) is 46.4 Å². The Bertz CT molecular complexity index is 377. The van der Waals surface area contributed by atoms with Crippen LogP contribution in [0.15, 0.2) is 0 Å². The molecule has 122 valence electrons. The van der Waals surface area contributed by atoms with Crippen molar-refractivity contribution < 1.29 is 14.6 Å². The lowest BCUT2D eigenvalue weighted by molar-refractivity contribution is -0.123. The molecule has 0 aromatic heterocycles. The van der Waals surface area contributed by atoms with E-state index in [4.69, 9.17) is 10.5 Å². The van der Waals surface area contributed by atoms with Crippen molar-refractivity contribution in [3.05, 3.63) is 0 Å². The van der Waals surface area contributed by atoms with Gasteiger partial charge in [-0.3, -0.25) is 0 Å². The maximum atomic E-state index is 11.9.